The number of alkyl halides is 3. The minimum atomic E-state index is -4.49. The lowest BCUT2D eigenvalue weighted by molar-refractivity contribution is -0.137. The Hall–Kier alpha value is -2.54. The Labute approximate surface area is 153 Å². The van der Waals surface area contributed by atoms with E-state index in [0.717, 1.165) is 12.1 Å². The van der Waals surface area contributed by atoms with Gasteiger partial charge in [0, 0.05) is 11.4 Å². The Morgan fingerprint density at radius 1 is 1.08 bits per heavy atom. The van der Waals surface area contributed by atoms with Crippen LogP contribution in [0.1, 0.15) is 16.7 Å². The second-order valence-electron chi connectivity index (χ2n) is 5.73. The Kier molecular flexibility index (Phi) is 6.26. The van der Waals surface area contributed by atoms with Gasteiger partial charge in [0.05, 0.1) is 12.0 Å². The van der Waals surface area contributed by atoms with Crippen LogP contribution >= 0.6 is 11.6 Å². The number of carbonyl (C=O) groups is 2. The van der Waals surface area contributed by atoms with Crippen LogP contribution in [0.15, 0.2) is 48.5 Å². The first kappa shape index (κ1) is 19.8. The van der Waals surface area contributed by atoms with Crippen molar-refractivity contribution < 1.29 is 22.8 Å². The third kappa shape index (κ3) is 5.77. The van der Waals surface area contributed by atoms with Gasteiger partial charge in [-0.15, -0.1) is 0 Å². The molecule has 2 aromatic rings. The summed E-state index contributed by atoms with van der Waals surface area (Å²) in [7, 11) is 0. The highest BCUT2D eigenvalue weighted by Crippen LogP contribution is 2.29. The number of amides is 2. The maximum Gasteiger partial charge on any atom is 0.416 e. The quantitative estimate of drug-likeness (QED) is 0.803. The predicted octanol–water partition coefficient (Wildman–Crippen LogP) is 3.11. The van der Waals surface area contributed by atoms with Crippen LogP contribution in [0.3, 0.4) is 0 Å². The predicted molar refractivity (Wildman–Crippen MR) is 91.4 cm³/mol. The van der Waals surface area contributed by atoms with Crippen LogP contribution in [0.2, 0.25) is 5.02 Å². The molecule has 1 atom stereocenters. The van der Waals surface area contributed by atoms with Crippen molar-refractivity contribution in [1.82, 2.24) is 5.32 Å². The maximum atomic E-state index is 12.7. The third-order valence-electron chi connectivity index (χ3n) is 3.63. The summed E-state index contributed by atoms with van der Waals surface area (Å²) in [5.74, 6) is -1.35. The molecule has 0 aliphatic carbocycles. The zero-order valence-electron chi connectivity index (χ0n) is 13.5. The molecule has 0 saturated carbocycles. The summed E-state index contributed by atoms with van der Waals surface area (Å²) >= 11 is 5.88. The molecule has 26 heavy (non-hydrogen) atoms. The first-order chi connectivity index (χ1) is 12.1. The van der Waals surface area contributed by atoms with Gasteiger partial charge in [0.1, 0.15) is 6.04 Å². The SMILES string of the molecule is NC(=O)[C@@H](Cc1cccc(Cl)c1)NC(=O)Cc1cccc(C(F)(F)F)c1. The Morgan fingerprint density at radius 3 is 2.35 bits per heavy atom. The van der Waals surface area contributed by atoms with Crippen LogP contribution in [0.5, 0.6) is 0 Å². The van der Waals surface area contributed by atoms with Crippen LogP contribution in [0.4, 0.5) is 13.2 Å². The maximum absolute atomic E-state index is 12.7. The fraction of sp³-hybridized carbons (Fsp3) is 0.222. The molecule has 2 amide bonds. The Balaban J connectivity index is 2.05. The molecule has 0 aliphatic rings. The van der Waals surface area contributed by atoms with Crippen molar-refractivity contribution in [3.8, 4) is 0 Å². The van der Waals surface area contributed by atoms with Crippen LogP contribution in [-0.4, -0.2) is 17.9 Å². The van der Waals surface area contributed by atoms with Crippen molar-refractivity contribution in [3.63, 3.8) is 0 Å². The van der Waals surface area contributed by atoms with Crippen molar-refractivity contribution in [2.45, 2.75) is 25.1 Å². The van der Waals surface area contributed by atoms with Gasteiger partial charge in [-0.1, -0.05) is 41.9 Å². The van der Waals surface area contributed by atoms with Crippen molar-refractivity contribution in [2.75, 3.05) is 0 Å². The monoisotopic (exact) mass is 384 g/mol. The standard InChI is InChI=1S/C18H16ClF3N2O2/c19-14-6-2-4-12(8-14)9-15(17(23)26)24-16(25)10-11-3-1-5-13(7-11)18(20,21)22/h1-8,15H,9-10H2,(H2,23,26)(H,24,25)/t15-/m1/s1. The van der Waals surface area contributed by atoms with Crippen LogP contribution < -0.4 is 11.1 Å². The van der Waals surface area contributed by atoms with Gasteiger partial charge in [0.25, 0.3) is 0 Å². The molecule has 0 fully saturated rings. The van der Waals surface area contributed by atoms with Gasteiger partial charge in [-0.25, -0.2) is 0 Å². The number of hydrogen-bond acceptors (Lipinski definition) is 2. The molecule has 2 rings (SSSR count). The number of hydrogen-bond donors (Lipinski definition) is 2. The highest BCUT2D eigenvalue weighted by atomic mass is 35.5. The van der Waals surface area contributed by atoms with E-state index in [9.17, 15) is 22.8 Å². The van der Waals surface area contributed by atoms with E-state index < -0.39 is 29.6 Å². The Morgan fingerprint density at radius 2 is 1.73 bits per heavy atom. The summed E-state index contributed by atoms with van der Waals surface area (Å²) in [5, 5.41) is 2.93. The van der Waals surface area contributed by atoms with E-state index >= 15 is 0 Å². The van der Waals surface area contributed by atoms with Gasteiger partial charge in [-0.05, 0) is 29.3 Å². The fourth-order valence-corrected chi connectivity index (χ4v) is 2.62. The van der Waals surface area contributed by atoms with Crippen LogP contribution in [0.25, 0.3) is 0 Å². The van der Waals surface area contributed by atoms with Gasteiger partial charge >= 0.3 is 6.18 Å². The molecule has 0 aliphatic heterocycles. The molecular weight excluding hydrogens is 369 g/mol. The fourth-order valence-electron chi connectivity index (χ4n) is 2.41. The number of nitrogens with one attached hydrogen (secondary N) is 1. The van der Waals surface area contributed by atoms with Crippen molar-refractivity contribution in [1.29, 1.82) is 0 Å². The highest BCUT2D eigenvalue weighted by Gasteiger charge is 2.30. The van der Waals surface area contributed by atoms with Crippen LogP contribution in [0, 0.1) is 0 Å². The van der Waals surface area contributed by atoms with Crippen molar-refractivity contribution in [3.05, 3.63) is 70.2 Å². The van der Waals surface area contributed by atoms with Crippen molar-refractivity contribution >= 4 is 23.4 Å². The highest BCUT2D eigenvalue weighted by molar-refractivity contribution is 6.30. The number of rotatable bonds is 6. The van der Waals surface area contributed by atoms with E-state index in [1.54, 1.807) is 24.3 Å². The molecule has 138 valence electrons. The molecule has 0 aromatic heterocycles. The zero-order chi connectivity index (χ0) is 19.3. The zero-order valence-corrected chi connectivity index (χ0v) is 14.3. The molecule has 0 bridgehead atoms. The molecule has 8 heteroatoms. The Bertz CT molecular complexity index is 809. The summed E-state index contributed by atoms with van der Waals surface area (Å²) in [5.41, 5.74) is 5.35. The molecule has 0 unspecified atom stereocenters. The largest absolute Gasteiger partial charge is 0.416 e. The van der Waals surface area contributed by atoms with Gasteiger partial charge in [0.2, 0.25) is 11.8 Å². The van der Waals surface area contributed by atoms with E-state index in [1.807, 2.05) is 0 Å². The second kappa shape index (κ2) is 8.23. The van der Waals surface area contributed by atoms with E-state index in [1.165, 1.54) is 12.1 Å². The van der Waals surface area contributed by atoms with Crippen LogP contribution in [-0.2, 0) is 28.6 Å². The number of benzene rings is 2. The molecule has 2 aromatic carbocycles. The summed E-state index contributed by atoms with van der Waals surface area (Å²) in [6.45, 7) is 0. The van der Waals surface area contributed by atoms with Gasteiger partial charge < -0.3 is 11.1 Å². The summed E-state index contributed by atoms with van der Waals surface area (Å²) < 4.78 is 38.2. The molecule has 4 nitrogen and oxygen atoms in total. The summed E-state index contributed by atoms with van der Waals surface area (Å²) in [6.07, 6.45) is -4.66. The molecule has 0 spiro atoms. The van der Waals surface area contributed by atoms with Gasteiger partial charge in [0.15, 0.2) is 0 Å². The first-order valence-corrected chi connectivity index (χ1v) is 8.02. The first-order valence-electron chi connectivity index (χ1n) is 7.64. The minimum Gasteiger partial charge on any atom is -0.368 e. The molecule has 0 heterocycles. The van der Waals surface area contributed by atoms with Gasteiger partial charge in [-0.3, -0.25) is 9.59 Å². The van der Waals surface area contributed by atoms with Gasteiger partial charge in [-0.2, -0.15) is 13.2 Å². The number of halogens is 4. The van der Waals surface area contributed by atoms with Crippen molar-refractivity contribution in [2.24, 2.45) is 5.73 Å². The average Bonchev–Trinajstić information content (AvgIpc) is 2.53. The summed E-state index contributed by atoms with van der Waals surface area (Å²) in [6, 6.07) is 10.2. The second-order valence-corrected chi connectivity index (χ2v) is 6.17. The molecule has 0 radical (unpaired) electrons. The van der Waals surface area contributed by atoms with E-state index in [0.29, 0.717) is 10.6 Å². The topological polar surface area (TPSA) is 72.2 Å². The van der Waals surface area contributed by atoms with E-state index in [-0.39, 0.29) is 18.4 Å². The van der Waals surface area contributed by atoms with E-state index in [2.05, 4.69) is 5.32 Å². The molecule has 0 saturated heterocycles. The molecular formula is C18H16ClF3N2O2. The lowest BCUT2D eigenvalue weighted by Crippen LogP contribution is -2.46. The lowest BCUT2D eigenvalue weighted by atomic mass is 10.0. The van der Waals surface area contributed by atoms with E-state index in [4.69, 9.17) is 17.3 Å². The minimum absolute atomic E-state index is 0.129. The number of carbonyl (C=O) groups excluding carboxylic acids is 2. The normalized spacial score (nSPS) is 12.5. The smallest absolute Gasteiger partial charge is 0.368 e. The number of nitrogens with two attached hydrogens (primary N) is 1. The average molecular weight is 385 g/mol. The third-order valence-corrected chi connectivity index (χ3v) is 3.86. The summed E-state index contributed by atoms with van der Waals surface area (Å²) in [4.78, 5) is 23.7. The molecule has 3 N–H and O–H groups in total. The number of primary amides is 1. The lowest BCUT2D eigenvalue weighted by Gasteiger charge is -2.16.